The van der Waals surface area contributed by atoms with Gasteiger partial charge in [-0.3, -0.25) is 14.4 Å². The van der Waals surface area contributed by atoms with E-state index in [1.165, 1.54) is 0 Å². The molecule has 3 aromatic rings. The molecule has 0 bridgehead atoms. The Balaban J connectivity index is 1.98. The van der Waals surface area contributed by atoms with E-state index in [1.807, 2.05) is 99.6 Å². The van der Waals surface area contributed by atoms with E-state index < -0.39 is 23.9 Å². The molecule has 1 fully saturated rings. The average molecular weight is 483 g/mol. The topological polar surface area (TPSA) is 66.5 Å². The smallest absolute Gasteiger partial charge is 0.243 e. The summed E-state index contributed by atoms with van der Waals surface area (Å²) < 4.78 is 0. The first kappa shape index (κ1) is 25.4. The molecule has 0 saturated carbocycles. The van der Waals surface area contributed by atoms with Gasteiger partial charge in [0.1, 0.15) is 6.04 Å². The van der Waals surface area contributed by atoms with Crippen LogP contribution in [0.1, 0.15) is 60.6 Å². The summed E-state index contributed by atoms with van der Waals surface area (Å²) in [6.07, 6.45) is 0.261. The zero-order valence-electron chi connectivity index (χ0n) is 21.3. The lowest BCUT2D eigenvalue weighted by molar-refractivity contribution is -0.142. The van der Waals surface area contributed by atoms with Crippen molar-refractivity contribution in [3.63, 3.8) is 0 Å². The van der Waals surface area contributed by atoms with Crippen LogP contribution >= 0.6 is 0 Å². The molecule has 1 heterocycles. The summed E-state index contributed by atoms with van der Waals surface area (Å²) in [7, 11) is 1.58. The predicted molar refractivity (Wildman–Crippen MR) is 141 cm³/mol. The number of Topliss-reactive ketones (excluding diaryl/α,β-unsaturated/α-hetero) is 1. The van der Waals surface area contributed by atoms with Crippen molar-refractivity contribution in [1.82, 2.24) is 10.2 Å². The first-order chi connectivity index (χ1) is 17.2. The van der Waals surface area contributed by atoms with E-state index in [4.69, 9.17) is 0 Å². The summed E-state index contributed by atoms with van der Waals surface area (Å²) in [5.41, 5.74) is 2.01. The molecule has 2 amide bonds. The molecular weight excluding hydrogens is 448 g/mol. The molecule has 0 aromatic heterocycles. The predicted octanol–water partition coefficient (Wildman–Crippen LogP) is 5.40. The maximum atomic E-state index is 14.3. The molecule has 1 aliphatic heterocycles. The fraction of sp³-hybridized carbons (Fsp3) is 0.323. The summed E-state index contributed by atoms with van der Waals surface area (Å²) in [5, 5.41) is 2.78. The second-order valence-corrected chi connectivity index (χ2v) is 10.6. The van der Waals surface area contributed by atoms with Crippen molar-refractivity contribution in [2.24, 2.45) is 11.3 Å². The van der Waals surface area contributed by atoms with Crippen LogP contribution in [0.3, 0.4) is 0 Å². The number of likely N-dealkylation sites (N-methyl/N-ethyl adjacent to an activating group) is 1. The Morgan fingerprint density at radius 2 is 1.28 bits per heavy atom. The van der Waals surface area contributed by atoms with Crippen molar-refractivity contribution in [3.8, 4) is 0 Å². The van der Waals surface area contributed by atoms with Gasteiger partial charge >= 0.3 is 0 Å². The number of amides is 2. The molecule has 5 nitrogen and oxygen atoms in total. The highest BCUT2D eigenvalue weighted by Gasteiger charge is 2.57. The third-order valence-electron chi connectivity index (χ3n) is 6.84. The minimum Gasteiger partial charge on any atom is -0.357 e. The minimum atomic E-state index is -0.824. The summed E-state index contributed by atoms with van der Waals surface area (Å²) in [4.78, 5) is 43.5. The first-order valence-corrected chi connectivity index (χ1v) is 12.4. The second kappa shape index (κ2) is 10.5. The van der Waals surface area contributed by atoms with Crippen molar-refractivity contribution >= 4 is 17.6 Å². The van der Waals surface area contributed by atoms with Crippen LogP contribution in [-0.2, 0) is 9.59 Å². The average Bonchev–Trinajstić information content (AvgIpc) is 3.24. The van der Waals surface area contributed by atoms with Gasteiger partial charge in [0.25, 0.3) is 0 Å². The highest BCUT2D eigenvalue weighted by Crippen LogP contribution is 2.51. The van der Waals surface area contributed by atoms with Gasteiger partial charge in [-0.15, -0.1) is 0 Å². The van der Waals surface area contributed by atoms with E-state index in [-0.39, 0.29) is 29.4 Å². The number of hydrogen-bond acceptors (Lipinski definition) is 3. The van der Waals surface area contributed by atoms with Gasteiger partial charge in [-0.05, 0) is 16.5 Å². The normalized spacial score (nSPS) is 21.7. The standard InChI is InChI=1S/C31H34N2O3/c1-31(2,3)20-24(34)33-27(22-16-10-6-11-17-22)26(29(35)23-18-12-7-13-19-23)25(28(33)30(36)32-4)21-14-8-5-9-15-21/h5-19,25-28H,20H2,1-4H3,(H,32,36). The molecule has 4 unspecified atom stereocenters. The fourth-order valence-corrected chi connectivity index (χ4v) is 5.39. The van der Waals surface area contributed by atoms with Gasteiger partial charge in [-0.1, -0.05) is 112 Å². The minimum absolute atomic E-state index is 0.0710. The summed E-state index contributed by atoms with van der Waals surface area (Å²) >= 11 is 0. The molecular formula is C31H34N2O3. The van der Waals surface area contributed by atoms with Gasteiger partial charge in [0, 0.05) is 24.9 Å². The van der Waals surface area contributed by atoms with Crippen LogP contribution in [-0.4, -0.2) is 35.6 Å². The SMILES string of the molecule is CNC(=O)C1C(c2ccccc2)C(C(=O)c2ccccc2)C(c2ccccc2)N1C(=O)CC(C)(C)C. The van der Waals surface area contributed by atoms with Crippen molar-refractivity contribution < 1.29 is 14.4 Å². The fourth-order valence-electron chi connectivity index (χ4n) is 5.39. The number of nitrogens with one attached hydrogen (secondary N) is 1. The van der Waals surface area contributed by atoms with Crippen LogP contribution in [0.4, 0.5) is 0 Å². The molecule has 36 heavy (non-hydrogen) atoms. The van der Waals surface area contributed by atoms with E-state index in [2.05, 4.69) is 5.32 Å². The van der Waals surface area contributed by atoms with Crippen LogP contribution in [0.5, 0.6) is 0 Å². The van der Waals surface area contributed by atoms with Crippen LogP contribution < -0.4 is 5.32 Å². The molecule has 0 spiro atoms. The Morgan fingerprint density at radius 1 is 0.778 bits per heavy atom. The van der Waals surface area contributed by atoms with Crippen LogP contribution in [0.25, 0.3) is 0 Å². The molecule has 4 atom stereocenters. The molecule has 1 N–H and O–H groups in total. The van der Waals surface area contributed by atoms with E-state index >= 15 is 0 Å². The Morgan fingerprint density at radius 3 is 1.78 bits per heavy atom. The molecule has 5 heteroatoms. The van der Waals surface area contributed by atoms with E-state index in [0.29, 0.717) is 5.56 Å². The second-order valence-electron chi connectivity index (χ2n) is 10.6. The van der Waals surface area contributed by atoms with E-state index in [9.17, 15) is 14.4 Å². The van der Waals surface area contributed by atoms with Gasteiger partial charge in [-0.2, -0.15) is 0 Å². The molecule has 3 aromatic carbocycles. The molecule has 0 aliphatic carbocycles. The van der Waals surface area contributed by atoms with Gasteiger partial charge in [-0.25, -0.2) is 0 Å². The lowest BCUT2D eigenvalue weighted by Crippen LogP contribution is -2.48. The van der Waals surface area contributed by atoms with Crippen molar-refractivity contribution in [1.29, 1.82) is 0 Å². The van der Waals surface area contributed by atoms with Crippen LogP contribution in [0.2, 0.25) is 0 Å². The lowest BCUT2D eigenvalue weighted by atomic mass is 9.76. The number of nitrogens with zero attached hydrogens (tertiary/aromatic N) is 1. The molecule has 186 valence electrons. The zero-order valence-corrected chi connectivity index (χ0v) is 21.3. The Bertz CT molecular complexity index is 1200. The first-order valence-electron chi connectivity index (χ1n) is 12.4. The Labute approximate surface area is 213 Å². The van der Waals surface area contributed by atoms with Crippen molar-refractivity contribution in [2.75, 3.05) is 7.05 Å². The van der Waals surface area contributed by atoms with Gasteiger partial charge < -0.3 is 10.2 Å². The number of benzene rings is 3. The van der Waals surface area contributed by atoms with Crippen LogP contribution in [0.15, 0.2) is 91.0 Å². The summed E-state index contributed by atoms with van der Waals surface area (Å²) in [6.45, 7) is 6.03. The third-order valence-corrected chi connectivity index (χ3v) is 6.84. The highest BCUT2D eigenvalue weighted by atomic mass is 16.2. The number of carbonyl (C=O) groups excluding carboxylic acids is 3. The monoisotopic (exact) mass is 482 g/mol. The largest absolute Gasteiger partial charge is 0.357 e. The van der Waals surface area contributed by atoms with E-state index in [0.717, 1.165) is 11.1 Å². The number of carbonyl (C=O) groups is 3. The van der Waals surface area contributed by atoms with Crippen molar-refractivity contribution in [2.45, 2.75) is 45.2 Å². The summed E-state index contributed by atoms with van der Waals surface area (Å²) in [6, 6.07) is 27.0. The Hall–Kier alpha value is -3.73. The quantitative estimate of drug-likeness (QED) is 0.478. The van der Waals surface area contributed by atoms with Crippen LogP contribution in [0, 0.1) is 11.3 Å². The van der Waals surface area contributed by atoms with Gasteiger partial charge in [0.05, 0.1) is 12.0 Å². The zero-order chi connectivity index (χ0) is 25.9. The van der Waals surface area contributed by atoms with Crippen molar-refractivity contribution in [3.05, 3.63) is 108 Å². The number of hydrogen-bond donors (Lipinski definition) is 1. The maximum Gasteiger partial charge on any atom is 0.243 e. The molecule has 4 rings (SSSR count). The van der Waals surface area contributed by atoms with Gasteiger partial charge in [0.2, 0.25) is 11.8 Å². The molecule has 1 saturated heterocycles. The number of rotatable bonds is 6. The Kier molecular flexibility index (Phi) is 7.39. The van der Waals surface area contributed by atoms with E-state index in [1.54, 1.807) is 24.1 Å². The summed E-state index contributed by atoms with van der Waals surface area (Å²) in [5.74, 6) is -1.61. The van der Waals surface area contributed by atoms with Gasteiger partial charge in [0.15, 0.2) is 5.78 Å². The maximum absolute atomic E-state index is 14.3. The third kappa shape index (κ3) is 5.11. The number of ketones is 1. The molecule has 1 aliphatic rings. The highest BCUT2D eigenvalue weighted by molar-refractivity contribution is 6.02. The number of likely N-dealkylation sites (tertiary alicyclic amines) is 1. The molecule has 0 radical (unpaired) electrons. The lowest BCUT2D eigenvalue weighted by Gasteiger charge is -2.33.